The lowest BCUT2D eigenvalue weighted by Crippen LogP contribution is -2.40. The number of rotatable bonds is 3. The molecular formula is C24H20N2O3. The highest BCUT2D eigenvalue weighted by Gasteiger charge is 2.22. The average Bonchev–Trinajstić information content (AvgIpc) is 2.79. The van der Waals surface area contributed by atoms with Gasteiger partial charge in [0.05, 0.1) is 29.8 Å². The van der Waals surface area contributed by atoms with Crippen molar-refractivity contribution in [2.24, 2.45) is 0 Å². The van der Waals surface area contributed by atoms with Crippen LogP contribution in [0.25, 0.3) is 21.8 Å². The number of pyridine rings is 1. The number of morpholine rings is 1. The first-order valence-corrected chi connectivity index (χ1v) is 9.73. The fourth-order valence-corrected chi connectivity index (χ4v) is 3.70. The maximum atomic E-state index is 13.2. The van der Waals surface area contributed by atoms with E-state index in [-0.39, 0.29) is 5.91 Å². The van der Waals surface area contributed by atoms with Crippen molar-refractivity contribution in [2.75, 3.05) is 26.3 Å². The highest BCUT2D eigenvalue weighted by Crippen LogP contribution is 2.37. The van der Waals surface area contributed by atoms with Crippen molar-refractivity contribution in [1.29, 1.82) is 0 Å². The van der Waals surface area contributed by atoms with Crippen molar-refractivity contribution in [2.45, 2.75) is 0 Å². The van der Waals surface area contributed by atoms with Gasteiger partial charge in [-0.05, 0) is 36.4 Å². The molecule has 0 aliphatic carbocycles. The van der Waals surface area contributed by atoms with Crippen molar-refractivity contribution < 1.29 is 14.3 Å². The number of ether oxygens (including phenoxy) is 2. The van der Waals surface area contributed by atoms with Crippen molar-refractivity contribution in [3.8, 4) is 11.5 Å². The molecule has 5 rings (SSSR count). The number of fused-ring (bicyclic) bond motifs is 2. The molecule has 5 nitrogen and oxygen atoms in total. The van der Waals surface area contributed by atoms with Crippen LogP contribution in [0.1, 0.15) is 10.4 Å². The molecular weight excluding hydrogens is 364 g/mol. The molecule has 1 saturated heterocycles. The summed E-state index contributed by atoms with van der Waals surface area (Å²) < 4.78 is 11.7. The van der Waals surface area contributed by atoms with Gasteiger partial charge in [0.2, 0.25) is 0 Å². The van der Waals surface area contributed by atoms with E-state index < -0.39 is 0 Å². The Morgan fingerprint density at radius 1 is 0.862 bits per heavy atom. The van der Waals surface area contributed by atoms with Gasteiger partial charge in [-0.2, -0.15) is 0 Å². The third kappa shape index (κ3) is 3.30. The number of aromatic nitrogens is 1. The van der Waals surface area contributed by atoms with Crippen LogP contribution in [0.3, 0.4) is 0 Å². The molecule has 0 bridgehead atoms. The zero-order chi connectivity index (χ0) is 19.6. The summed E-state index contributed by atoms with van der Waals surface area (Å²) in [5.41, 5.74) is 2.05. The van der Waals surface area contributed by atoms with E-state index in [2.05, 4.69) is 0 Å². The molecule has 0 spiro atoms. The zero-order valence-corrected chi connectivity index (χ0v) is 15.9. The van der Waals surface area contributed by atoms with Gasteiger partial charge in [0.15, 0.2) is 0 Å². The summed E-state index contributed by atoms with van der Waals surface area (Å²) in [4.78, 5) is 19.9. The summed E-state index contributed by atoms with van der Waals surface area (Å²) in [5, 5.41) is 1.74. The number of hydrogen-bond donors (Lipinski definition) is 0. The Labute approximate surface area is 168 Å². The maximum Gasteiger partial charge on any atom is 0.256 e. The molecule has 2 heterocycles. The molecule has 4 aromatic rings. The van der Waals surface area contributed by atoms with Gasteiger partial charge in [-0.1, -0.05) is 36.4 Å². The standard InChI is InChI=1S/C24H20N2O3/c27-24(26-13-15-28-16-14-26)20-11-6-10-19-22(20)25-21-12-5-4-9-18(21)23(19)29-17-7-2-1-3-8-17/h1-12H,13-16H2. The fourth-order valence-electron chi connectivity index (χ4n) is 3.70. The number of hydrogen-bond acceptors (Lipinski definition) is 4. The predicted molar refractivity (Wildman–Crippen MR) is 112 cm³/mol. The molecule has 0 N–H and O–H groups in total. The normalized spacial score (nSPS) is 14.3. The van der Waals surface area contributed by atoms with Gasteiger partial charge in [-0.15, -0.1) is 0 Å². The third-order valence-corrected chi connectivity index (χ3v) is 5.15. The lowest BCUT2D eigenvalue weighted by molar-refractivity contribution is 0.0304. The zero-order valence-electron chi connectivity index (χ0n) is 15.9. The van der Waals surface area contributed by atoms with Gasteiger partial charge >= 0.3 is 0 Å². The smallest absolute Gasteiger partial charge is 0.256 e. The van der Waals surface area contributed by atoms with Crippen LogP contribution in [0, 0.1) is 0 Å². The van der Waals surface area contributed by atoms with Crippen LogP contribution >= 0.6 is 0 Å². The SMILES string of the molecule is O=C(c1cccc2c(Oc3ccccc3)c3ccccc3nc12)N1CCOCC1. The minimum absolute atomic E-state index is 0.0210. The Kier molecular flexibility index (Phi) is 4.58. The summed E-state index contributed by atoms with van der Waals surface area (Å²) in [6.45, 7) is 2.32. The second-order valence-electron chi connectivity index (χ2n) is 6.98. The number of benzene rings is 3. The van der Waals surface area contributed by atoms with E-state index in [9.17, 15) is 4.79 Å². The summed E-state index contributed by atoms with van der Waals surface area (Å²) in [6, 6.07) is 23.2. The molecule has 1 fully saturated rings. The molecule has 3 aromatic carbocycles. The molecule has 0 atom stereocenters. The number of carbonyl (C=O) groups is 1. The van der Waals surface area contributed by atoms with Crippen LogP contribution in [-0.2, 0) is 4.74 Å². The first-order chi connectivity index (χ1) is 14.3. The van der Waals surface area contributed by atoms with Crippen LogP contribution in [0.2, 0.25) is 0 Å². The monoisotopic (exact) mass is 384 g/mol. The van der Waals surface area contributed by atoms with E-state index in [0.717, 1.165) is 22.0 Å². The van der Waals surface area contributed by atoms with E-state index in [1.807, 2.05) is 77.7 Å². The van der Waals surface area contributed by atoms with E-state index in [0.29, 0.717) is 43.1 Å². The number of amides is 1. The molecule has 0 saturated carbocycles. The number of para-hydroxylation sites is 3. The van der Waals surface area contributed by atoms with Crippen molar-refractivity contribution in [3.05, 3.63) is 78.4 Å². The molecule has 29 heavy (non-hydrogen) atoms. The molecule has 1 aliphatic heterocycles. The Morgan fingerprint density at radius 3 is 2.41 bits per heavy atom. The Balaban J connectivity index is 1.70. The third-order valence-electron chi connectivity index (χ3n) is 5.15. The topological polar surface area (TPSA) is 51.7 Å². The molecule has 0 unspecified atom stereocenters. The highest BCUT2D eigenvalue weighted by atomic mass is 16.5. The number of nitrogens with zero attached hydrogens (tertiary/aromatic N) is 2. The van der Waals surface area contributed by atoms with Crippen LogP contribution in [-0.4, -0.2) is 42.1 Å². The second-order valence-corrected chi connectivity index (χ2v) is 6.98. The molecule has 1 amide bonds. The van der Waals surface area contributed by atoms with Crippen molar-refractivity contribution in [1.82, 2.24) is 9.88 Å². The fraction of sp³-hybridized carbons (Fsp3) is 0.167. The van der Waals surface area contributed by atoms with Gasteiger partial charge in [-0.25, -0.2) is 4.98 Å². The van der Waals surface area contributed by atoms with Gasteiger partial charge in [-0.3, -0.25) is 4.79 Å². The van der Waals surface area contributed by atoms with Gasteiger partial charge in [0, 0.05) is 23.9 Å². The van der Waals surface area contributed by atoms with Gasteiger partial charge in [0.1, 0.15) is 11.5 Å². The van der Waals surface area contributed by atoms with Crippen LogP contribution in [0.4, 0.5) is 0 Å². The molecule has 144 valence electrons. The van der Waals surface area contributed by atoms with Crippen molar-refractivity contribution in [3.63, 3.8) is 0 Å². The summed E-state index contributed by atoms with van der Waals surface area (Å²) in [5.74, 6) is 1.44. The first-order valence-electron chi connectivity index (χ1n) is 9.73. The van der Waals surface area contributed by atoms with E-state index >= 15 is 0 Å². The van der Waals surface area contributed by atoms with E-state index in [1.165, 1.54) is 0 Å². The molecule has 0 radical (unpaired) electrons. The lowest BCUT2D eigenvalue weighted by atomic mass is 10.0. The first kappa shape index (κ1) is 17.6. The van der Waals surface area contributed by atoms with Crippen molar-refractivity contribution >= 4 is 27.7 Å². The van der Waals surface area contributed by atoms with Gasteiger partial charge < -0.3 is 14.4 Å². The average molecular weight is 384 g/mol. The minimum atomic E-state index is -0.0210. The lowest BCUT2D eigenvalue weighted by Gasteiger charge is -2.27. The molecule has 1 aliphatic rings. The van der Waals surface area contributed by atoms with Gasteiger partial charge in [0.25, 0.3) is 5.91 Å². The minimum Gasteiger partial charge on any atom is -0.456 e. The largest absolute Gasteiger partial charge is 0.456 e. The Morgan fingerprint density at radius 2 is 1.59 bits per heavy atom. The number of carbonyl (C=O) groups excluding carboxylic acids is 1. The second kappa shape index (κ2) is 7.53. The van der Waals surface area contributed by atoms with Crippen LogP contribution in [0.5, 0.6) is 11.5 Å². The van der Waals surface area contributed by atoms with E-state index in [4.69, 9.17) is 14.5 Å². The highest BCUT2D eigenvalue weighted by molar-refractivity contribution is 6.11. The molecule has 1 aromatic heterocycles. The van der Waals surface area contributed by atoms with E-state index in [1.54, 1.807) is 0 Å². The summed E-state index contributed by atoms with van der Waals surface area (Å²) >= 11 is 0. The predicted octanol–water partition coefficient (Wildman–Crippen LogP) is 4.65. The van der Waals surface area contributed by atoms with Crippen LogP contribution in [0.15, 0.2) is 72.8 Å². The Hall–Kier alpha value is -3.44. The quantitative estimate of drug-likeness (QED) is 0.483. The molecule has 5 heteroatoms. The summed E-state index contributed by atoms with van der Waals surface area (Å²) in [7, 11) is 0. The maximum absolute atomic E-state index is 13.2. The summed E-state index contributed by atoms with van der Waals surface area (Å²) in [6.07, 6.45) is 0. The Bertz CT molecular complexity index is 1180. The van der Waals surface area contributed by atoms with Crippen LogP contribution < -0.4 is 4.74 Å².